The number of halogens is 1. The van der Waals surface area contributed by atoms with Crippen LogP contribution in [-0.4, -0.2) is 25.4 Å². The summed E-state index contributed by atoms with van der Waals surface area (Å²) in [6.45, 7) is 6.93. The third kappa shape index (κ3) is 2.49. The fourth-order valence-corrected chi connectivity index (χ4v) is 3.92. The number of benzene rings is 1. The first-order valence-corrected chi connectivity index (χ1v) is 8.26. The maximum absolute atomic E-state index is 6.08. The molecule has 2 heterocycles. The Morgan fingerprint density at radius 3 is 2.95 bits per heavy atom. The smallest absolute Gasteiger partial charge is 0.127 e. The number of hydrogen-bond donors (Lipinski definition) is 1. The van der Waals surface area contributed by atoms with E-state index in [0.717, 1.165) is 49.2 Å². The Labute approximate surface area is 129 Å². The molecule has 0 radical (unpaired) electrons. The molecule has 110 valence electrons. The van der Waals surface area contributed by atoms with Gasteiger partial charge in [0, 0.05) is 23.1 Å². The van der Waals surface area contributed by atoms with Gasteiger partial charge in [-0.15, -0.1) is 0 Å². The van der Waals surface area contributed by atoms with Crippen molar-refractivity contribution in [3.8, 4) is 5.75 Å². The molecule has 0 aliphatic carbocycles. The van der Waals surface area contributed by atoms with Crippen LogP contribution in [0.2, 0.25) is 0 Å². The Morgan fingerprint density at radius 1 is 1.40 bits per heavy atom. The molecule has 2 aliphatic rings. The van der Waals surface area contributed by atoms with Crippen molar-refractivity contribution in [2.45, 2.75) is 44.8 Å². The molecule has 0 spiro atoms. The van der Waals surface area contributed by atoms with Crippen molar-refractivity contribution in [3.05, 3.63) is 27.7 Å². The third-order valence-electron chi connectivity index (χ3n) is 4.36. The van der Waals surface area contributed by atoms with Crippen molar-refractivity contribution in [2.24, 2.45) is 0 Å². The maximum Gasteiger partial charge on any atom is 0.127 e. The molecule has 0 bridgehead atoms. The molecule has 0 amide bonds. The molecule has 2 unspecified atom stereocenters. The van der Waals surface area contributed by atoms with Gasteiger partial charge >= 0.3 is 0 Å². The lowest BCUT2D eigenvalue weighted by Gasteiger charge is -2.35. The highest BCUT2D eigenvalue weighted by Crippen LogP contribution is 2.44. The van der Waals surface area contributed by atoms with E-state index in [0.29, 0.717) is 0 Å². The van der Waals surface area contributed by atoms with Crippen LogP contribution in [0.25, 0.3) is 0 Å². The van der Waals surface area contributed by atoms with Crippen LogP contribution in [-0.2, 0) is 11.2 Å². The lowest BCUT2D eigenvalue weighted by atomic mass is 9.86. The van der Waals surface area contributed by atoms with E-state index in [-0.39, 0.29) is 11.6 Å². The van der Waals surface area contributed by atoms with E-state index >= 15 is 0 Å². The number of fused-ring (bicyclic) bond motifs is 1. The molecule has 3 rings (SSSR count). The second-order valence-corrected chi connectivity index (χ2v) is 6.75. The predicted octanol–water partition coefficient (Wildman–Crippen LogP) is 3.60. The summed E-state index contributed by atoms with van der Waals surface area (Å²) < 4.78 is 13.1. The van der Waals surface area contributed by atoms with Crippen LogP contribution in [0.1, 0.15) is 43.9 Å². The fraction of sp³-hybridized carbons (Fsp3) is 0.625. The number of likely N-dealkylation sites (N-methyl/N-ethyl adjacent to an activating group) is 1. The average Bonchev–Trinajstić information content (AvgIpc) is 3.04. The third-order valence-corrected chi connectivity index (χ3v) is 4.81. The number of nitrogens with one attached hydrogen (secondary N) is 1. The Balaban J connectivity index is 2.03. The van der Waals surface area contributed by atoms with Crippen molar-refractivity contribution in [1.82, 2.24) is 5.32 Å². The monoisotopic (exact) mass is 339 g/mol. The van der Waals surface area contributed by atoms with Gasteiger partial charge in [0.1, 0.15) is 5.75 Å². The van der Waals surface area contributed by atoms with Crippen molar-refractivity contribution >= 4 is 15.9 Å². The van der Waals surface area contributed by atoms with E-state index in [9.17, 15) is 0 Å². The molecule has 1 N–H and O–H groups in total. The SMILES string of the molecule is CCNC(c1cc(Br)cc2c1OCC2)C1(C)CCCO1. The summed E-state index contributed by atoms with van der Waals surface area (Å²) in [6, 6.07) is 4.54. The lowest BCUT2D eigenvalue weighted by molar-refractivity contribution is -0.0126. The quantitative estimate of drug-likeness (QED) is 0.908. The van der Waals surface area contributed by atoms with Gasteiger partial charge < -0.3 is 14.8 Å². The predicted molar refractivity (Wildman–Crippen MR) is 83.3 cm³/mol. The van der Waals surface area contributed by atoms with Gasteiger partial charge in [0.2, 0.25) is 0 Å². The number of rotatable bonds is 4. The van der Waals surface area contributed by atoms with Gasteiger partial charge in [-0.3, -0.25) is 0 Å². The zero-order valence-corrected chi connectivity index (χ0v) is 13.8. The molecular weight excluding hydrogens is 318 g/mol. The Bertz CT molecular complexity index is 497. The molecule has 0 aromatic heterocycles. The van der Waals surface area contributed by atoms with Crippen LogP contribution in [0, 0.1) is 0 Å². The molecule has 1 fully saturated rings. The molecule has 1 aromatic rings. The van der Waals surface area contributed by atoms with Gasteiger partial charge in [0.25, 0.3) is 0 Å². The minimum atomic E-state index is -0.142. The van der Waals surface area contributed by atoms with E-state index in [4.69, 9.17) is 9.47 Å². The average molecular weight is 340 g/mol. The van der Waals surface area contributed by atoms with Crippen LogP contribution in [0.3, 0.4) is 0 Å². The minimum absolute atomic E-state index is 0.142. The summed E-state index contributed by atoms with van der Waals surface area (Å²) in [7, 11) is 0. The molecule has 1 aromatic carbocycles. The van der Waals surface area contributed by atoms with Crippen molar-refractivity contribution in [3.63, 3.8) is 0 Å². The summed E-state index contributed by atoms with van der Waals surface area (Å²) in [5.41, 5.74) is 2.40. The van der Waals surface area contributed by atoms with E-state index < -0.39 is 0 Å². The van der Waals surface area contributed by atoms with Gasteiger partial charge in [0.15, 0.2) is 0 Å². The molecular formula is C16H22BrNO2. The first kappa shape index (κ1) is 14.4. The van der Waals surface area contributed by atoms with E-state index in [1.54, 1.807) is 0 Å². The second kappa shape index (κ2) is 5.66. The number of ether oxygens (including phenoxy) is 2. The van der Waals surface area contributed by atoms with E-state index in [2.05, 4.69) is 47.2 Å². The van der Waals surface area contributed by atoms with Crippen LogP contribution in [0.15, 0.2) is 16.6 Å². The minimum Gasteiger partial charge on any atom is -0.493 e. The number of hydrogen-bond acceptors (Lipinski definition) is 3. The van der Waals surface area contributed by atoms with E-state index in [1.807, 2.05) is 0 Å². The first-order valence-electron chi connectivity index (χ1n) is 7.46. The summed E-state index contributed by atoms with van der Waals surface area (Å²) >= 11 is 3.64. The molecule has 2 atom stereocenters. The lowest BCUT2D eigenvalue weighted by Crippen LogP contribution is -2.41. The topological polar surface area (TPSA) is 30.5 Å². The highest BCUT2D eigenvalue weighted by Gasteiger charge is 2.41. The van der Waals surface area contributed by atoms with Gasteiger partial charge in [0.05, 0.1) is 18.2 Å². The highest BCUT2D eigenvalue weighted by molar-refractivity contribution is 9.10. The van der Waals surface area contributed by atoms with Crippen molar-refractivity contribution in [1.29, 1.82) is 0 Å². The van der Waals surface area contributed by atoms with Gasteiger partial charge in [-0.2, -0.15) is 0 Å². The van der Waals surface area contributed by atoms with Crippen molar-refractivity contribution in [2.75, 3.05) is 19.8 Å². The zero-order valence-electron chi connectivity index (χ0n) is 12.2. The largest absolute Gasteiger partial charge is 0.493 e. The molecule has 1 saturated heterocycles. The molecule has 2 aliphatic heterocycles. The van der Waals surface area contributed by atoms with Gasteiger partial charge in [-0.25, -0.2) is 0 Å². The van der Waals surface area contributed by atoms with Gasteiger partial charge in [-0.05, 0) is 44.0 Å². The van der Waals surface area contributed by atoms with Crippen LogP contribution < -0.4 is 10.1 Å². The summed E-state index contributed by atoms with van der Waals surface area (Å²) in [6.07, 6.45) is 3.22. The molecule has 4 heteroatoms. The standard InChI is InChI=1S/C16H22BrNO2/c1-3-18-15(16(2)6-4-7-20-16)13-10-12(17)9-11-5-8-19-14(11)13/h9-10,15,18H,3-8H2,1-2H3. The van der Waals surface area contributed by atoms with Crippen molar-refractivity contribution < 1.29 is 9.47 Å². The normalized spacial score (nSPS) is 26.4. The van der Waals surface area contributed by atoms with Crippen LogP contribution in [0.4, 0.5) is 0 Å². The fourth-order valence-electron chi connectivity index (χ4n) is 3.40. The highest BCUT2D eigenvalue weighted by atomic mass is 79.9. The first-order chi connectivity index (χ1) is 9.64. The maximum atomic E-state index is 6.08. The molecule has 3 nitrogen and oxygen atoms in total. The Morgan fingerprint density at radius 2 is 2.25 bits per heavy atom. The molecule has 20 heavy (non-hydrogen) atoms. The molecule has 0 saturated carbocycles. The second-order valence-electron chi connectivity index (χ2n) is 5.84. The van der Waals surface area contributed by atoms with E-state index in [1.165, 1.54) is 11.1 Å². The Hall–Kier alpha value is -0.580. The van der Waals surface area contributed by atoms with Gasteiger partial charge in [-0.1, -0.05) is 22.9 Å². The summed E-state index contributed by atoms with van der Waals surface area (Å²) in [5.74, 6) is 1.07. The Kier molecular flexibility index (Phi) is 4.07. The van der Waals surface area contributed by atoms with Crippen LogP contribution >= 0.6 is 15.9 Å². The van der Waals surface area contributed by atoms with Crippen LogP contribution in [0.5, 0.6) is 5.75 Å². The summed E-state index contributed by atoms with van der Waals surface area (Å²) in [4.78, 5) is 0. The zero-order chi connectivity index (χ0) is 14.2. The summed E-state index contributed by atoms with van der Waals surface area (Å²) in [5, 5.41) is 3.61.